The zero-order valence-electron chi connectivity index (χ0n) is 18.1. The molecular weight excluding hydrogens is 394 g/mol. The fourth-order valence-corrected chi connectivity index (χ4v) is 2.89. The minimum absolute atomic E-state index is 0.180. The third-order valence-electron chi connectivity index (χ3n) is 4.62. The first-order valence-corrected chi connectivity index (χ1v) is 11.4. The molecule has 0 saturated heterocycles. The molecule has 2 amide bonds. The highest BCUT2D eigenvalue weighted by molar-refractivity contribution is 7.88. The summed E-state index contributed by atoms with van der Waals surface area (Å²) in [4.78, 5) is 26.9. The SMILES string of the molecule is COc1ccc(CN(C(=O)CN(C)S(C)(=O)=O)[C@H](C)C(=O)NCCC(C)C)cc1. The first-order valence-electron chi connectivity index (χ1n) is 9.57. The molecule has 0 spiro atoms. The molecule has 0 aliphatic heterocycles. The van der Waals surface area contributed by atoms with Crippen LogP contribution in [0.3, 0.4) is 0 Å². The predicted octanol–water partition coefficient (Wildman–Crippen LogP) is 1.47. The number of benzene rings is 1. The zero-order valence-corrected chi connectivity index (χ0v) is 19.0. The third kappa shape index (κ3) is 8.41. The lowest BCUT2D eigenvalue weighted by atomic mass is 10.1. The number of amides is 2. The molecule has 0 aliphatic carbocycles. The van der Waals surface area contributed by atoms with Crippen LogP contribution < -0.4 is 10.1 Å². The van der Waals surface area contributed by atoms with Crippen molar-refractivity contribution in [1.82, 2.24) is 14.5 Å². The van der Waals surface area contributed by atoms with E-state index in [4.69, 9.17) is 4.74 Å². The number of likely N-dealkylation sites (N-methyl/N-ethyl adjacent to an activating group) is 1. The van der Waals surface area contributed by atoms with Crippen molar-refractivity contribution in [2.45, 2.75) is 39.8 Å². The number of hydrogen-bond donors (Lipinski definition) is 1. The molecule has 0 fully saturated rings. The Labute approximate surface area is 174 Å². The van der Waals surface area contributed by atoms with Gasteiger partial charge in [-0.25, -0.2) is 8.42 Å². The molecule has 0 saturated carbocycles. The second kappa shape index (κ2) is 11.2. The average Bonchev–Trinajstić information content (AvgIpc) is 2.64. The number of sulfonamides is 1. The van der Waals surface area contributed by atoms with Crippen LogP contribution >= 0.6 is 0 Å². The van der Waals surface area contributed by atoms with E-state index in [9.17, 15) is 18.0 Å². The molecule has 1 atom stereocenters. The molecule has 0 bridgehead atoms. The standard InChI is InChI=1S/C20H33N3O5S/c1-15(2)11-12-21-20(25)16(3)23(19(24)14-22(4)29(6,26)27)13-17-7-9-18(28-5)10-8-17/h7-10,15-16H,11-14H2,1-6H3,(H,21,25)/t16-/m1/s1. The number of carbonyl (C=O) groups excluding carboxylic acids is 2. The van der Waals surface area contributed by atoms with Crippen molar-refractivity contribution in [1.29, 1.82) is 0 Å². The number of nitrogens with zero attached hydrogens (tertiary/aromatic N) is 2. The van der Waals surface area contributed by atoms with Gasteiger partial charge in [0.25, 0.3) is 0 Å². The second-order valence-electron chi connectivity index (χ2n) is 7.54. The first-order chi connectivity index (χ1) is 13.5. The highest BCUT2D eigenvalue weighted by Crippen LogP contribution is 2.15. The van der Waals surface area contributed by atoms with Crippen LogP contribution in [0, 0.1) is 5.92 Å². The number of hydrogen-bond acceptors (Lipinski definition) is 5. The normalized spacial score (nSPS) is 12.7. The number of carbonyl (C=O) groups is 2. The van der Waals surface area contributed by atoms with Crippen LogP contribution in [0.1, 0.15) is 32.8 Å². The van der Waals surface area contributed by atoms with E-state index in [-0.39, 0.29) is 19.0 Å². The van der Waals surface area contributed by atoms with Crippen LogP contribution in [0.25, 0.3) is 0 Å². The molecule has 0 heterocycles. The fraction of sp³-hybridized carbons (Fsp3) is 0.600. The van der Waals surface area contributed by atoms with Crippen LogP contribution in [0.15, 0.2) is 24.3 Å². The lowest BCUT2D eigenvalue weighted by molar-refractivity contribution is -0.140. The molecule has 9 heteroatoms. The summed E-state index contributed by atoms with van der Waals surface area (Å²) in [5, 5.41) is 2.85. The second-order valence-corrected chi connectivity index (χ2v) is 9.63. The molecule has 1 rings (SSSR count). The maximum absolute atomic E-state index is 12.9. The van der Waals surface area contributed by atoms with Gasteiger partial charge in [0.2, 0.25) is 21.8 Å². The van der Waals surface area contributed by atoms with Crippen LogP contribution in [0.4, 0.5) is 0 Å². The summed E-state index contributed by atoms with van der Waals surface area (Å²) in [5.74, 6) is 0.420. The fourth-order valence-electron chi connectivity index (χ4n) is 2.54. The van der Waals surface area contributed by atoms with Crippen LogP contribution in [0.2, 0.25) is 0 Å². The number of rotatable bonds is 11. The lowest BCUT2D eigenvalue weighted by Crippen LogP contribution is -2.50. The Hall–Kier alpha value is -2.13. The molecule has 0 aromatic heterocycles. The van der Waals surface area contributed by atoms with Gasteiger partial charge in [-0.1, -0.05) is 26.0 Å². The molecule has 164 valence electrons. The highest BCUT2D eigenvalue weighted by Gasteiger charge is 2.28. The van der Waals surface area contributed by atoms with Crippen LogP contribution in [0.5, 0.6) is 5.75 Å². The van der Waals surface area contributed by atoms with Crippen LogP contribution in [-0.2, 0) is 26.2 Å². The molecule has 29 heavy (non-hydrogen) atoms. The summed E-state index contributed by atoms with van der Waals surface area (Å²) in [6, 6.07) is 6.41. The van der Waals surface area contributed by atoms with Crippen molar-refractivity contribution < 1.29 is 22.7 Å². The summed E-state index contributed by atoms with van der Waals surface area (Å²) in [6.45, 7) is 6.14. The van der Waals surface area contributed by atoms with Crippen LogP contribution in [-0.4, -0.2) is 69.0 Å². The van der Waals surface area contributed by atoms with Gasteiger partial charge in [0.1, 0.15) is 11.8 Å². The molecule has 0 aliphatic rings. The quantitative estimate of drug-likeness (QED) is 0.577. The Morgan fingerprint density at radius 2 is 1.72 bits per heavy atom. The third-order valence-corrected chi connectivity index (χ3v) is 5.89. The van der Waals surface area contributed by atoms with Gasteiger partial charge in [-0.05, 0) is 37.0 Å². The number of methoxy groups -OCH3 is 1. The van der Waals surface area contributed by atoms with Gasteiger partial charge in [-0.2, -0.15) is 4.31 Å². The van der Waals surface area contributed by atoms with Gasteiger partial charge in [0.05, 0.1) is 19.9 Å². The van der Waals surface area contributed by atoms with E-state index < -0.39 is 22.0 Å². The monoisotopic (exact) mass is 427 g/mol. The summed E-state index contributed by atoms with van der Waals surface area (Å²) in [7, 11) is -0.610. The van der Waals surface area contributed by atoms with Gasteiger partial charge in [-0.3, -0.25) is 9.59 Å². The van der Waals surface area contributed by atoms with Crippen molar-refractivity contribution in [3.63, 3.8) is 0 Å². The smallest absolute Gasteiger partial charge is 0.242 e. The summed E-state index contributed by atoms with van der Waals surface area (Å²) < 4.78 is 29.5. The average molecular weight is 428 g/mol. The number of ether oxygens (including phenoxy) is 1. The Bertz CT molecular complexity index is 778. The summed E-state index contributed by atoms with van der Waals surface area (Å²) in [5.41, 5.74) is 0.808. The maximum Gasteiger partial charge on any atom is 0.242 e. The highest BCUT2D eigenvalue weighted by atomic mass is 32.2. The molecule has 1 aromatic carbocycles. The van der Waals surface area contributed by atoms with Gasteiger partial charge >= 0.3 is 0 Å². The van der Waals surface area contributed by atoms with E-state index >= 15 is 0 Å². The van der Waals surface area contributed by atoms with Crippen molar-refractivity contribution in [3.05, 3.63) is 29.8 Å². The van der Waals surface area contributed by atoms with E-state index in [2.05, 4.69) is 19.2 Å². The van der Waals surface area contributed by atoms with Gasteiger partial charge in [0.15, 0.2) is 0 Å². The molecule has 1 aromatic rings. The largest absolute Gasteiger partial charge is 0.497 e. The minimum Gasteiger partial charge on any atom is -0.497 e. The van der Waals surface area contributed by atoms with Gasteiger partial charge < -0.3 is 15.0 Å². The van der Waals surface area contributed by atoms with Crippen molar-refractivity contribution >= 4 is 21.8 Å². The Balaban J connectivity index is 2.99. The van der Waals surface area contributed by atoms with Gasteiger partial charge in [-0.15, -0.1) is 0 Å². The minimum atomic E-state index is -3.51. The zero-order chi connectivity index (χ0) is 22.2. The molecule has 0 unspecified atom stereocenters. The van der Waals surface area contributed by atoms with E-state index in [0.717, 1.165) is 22.5 Å². The van der Waals surface area contributed by atoms with E-state index in [1.807, 2.05) is 12.1 Å². The number of nitrogens with one attached hydrogen (secondary N) is 1. The summed E-state index contributed by atoms with van der Waals surface area (Å²) >= 11 is 0. The van der Waals surface area contributed by atoms with Crippen molar-refractivity contribution in [2.24, 2.45) is 5.92 Å². The first kappa shape index (κ1) is 24.9. The Morgan fingerprint density at radius 1 is 1.14 bits per heavy atom. The molecular formula is C20H33N3O5S. The topological polar surface area (TPSA) is 96.0 Å². The van der Waals surface area contributed by atoms with Gasteiger partial charge in [0, 0.05) is 20.1 Å². The Kier molecular flexibility index (Phi) is 9.58. The maximum atomic E-state index is 12.9. The molecule has 0 radical (unpaired) electrons. The molecule has 1 N–H and O–H groups in total. The summed E-state index contributed by atoms with van der Waals surface area (Å²) in [6.07, 6.45) is 1.87. The van der Waals surface area contributed by atoms with Crippen molar-refractivity contribution in [3.8, 4) is 5.75 Å². The lowest BCUT2D eigenvalue weighted by Gasteiger charge is -2.30. The van der Waals surface area contributed by atoms with Crippen molar-refractivity contribution in [2.75, 3.05) is 33.5 Å². The van der Waals surface area contributed by atoms with E-state index in [1.54, 1.807) is 26.2 Å². The van der Waals surface area contributed by atoms with E-state index in [1.165, 1.54) is 11.9 Å². The molecule has 8 nitrogen and oxygen atoms in total. The predicted molar refractivity (Wildman–Crippen MR) is 113 cm³/mol. The van der Waals surface area contributed by atoms with E-state index in [0.29, 0.717) is 18.2 Å². The Morgan fingerprint density at radius 3 is 2.21 bits per heavy atom.